The van der Waals surface area contributed by atoms with Gasteiger partial charge < -0.3 is 4.42 Å². The zero-order chi connectivity index (χ0) is 20.7. The minimum atomic E-state index is -0.361. The molecule has 2 aromatic heterocycles. The summed E-state index contributed by atoms with van der Waals surface area (Å²) in [6.07, 6.45) is 1.66. The van der Waals surface area contributed by atoms with Crippen molar-refractivity contribution in [2.75, 3.05) is 0 Å². The fraction of sp³-hybridized carbons (Fsp3) is 0.0870. The average molecular weight is 434 g/mol. The summed E-state index contributed by atoms with van der Waals surface area (Å²) in [6, 6.07) is 19.3. The Kier molecular flexibility index (Phi) is 4.81. The number of hydrogen-bond acceptors (Lipinski definition) is 5. The molecule has 0 fully saturated rings. The summed E-state index contributed by atoms with van der Waals surface area (Å²) in [7, 11) is 0. The molecule has 0 atom stereocenters. The molecule has 0 aliphatic carbocycles. The van der Waals surface area contributed by atoms with E-state index in [1.165, 1.54) is 11.8 Å². The van der Waals surface area contributed by atoms with Gasteiger partial charge in [0.15, 0.2) is 5.16 Å². The SMILES string of the molecule is Cc1ccc(-n2cnnc2SCc2cc(=O)oc3ccc4ccccc4c23)cc1Cl. The summed E-state index contributed by atoms with van der Waals surface area (Å²) in [5.41, 5.74) is 3.03. The third-order valence-electron chi connectivity index (χ3n) is 5.02. The lowest BCUT2D eigenvalue weighted by Crippen LogP contribution is -2.01. The first-order valence-electron chi connectivity index (χ1n) is 9.34. The molecule has 0 saturated heterocycles. The van der Waals surface area contributed by atoms with Crippen molar-refractivity contribution < 1.29 is 4.42 Å². The average Bonchev–Trinajstić information content (AvgIpc) is 3.22. The summed E-state index contributed by atoms with van der Waals surface area (Å²) in [6.45, 7) is 1.96. The maximum absolute atomic E-state index is 12.1. The molecule has 5 aromatic rings. The largest absolute Gasteiger partial charge is 0.423 e. The van der Waals surface area contributed by atoms with Gasteiger partial charge in [-0.3, -0.25) is 4.57 Å². The van der Waals surface area contributed by atoms with Gasteiger partial charge in [0.05, 0.1) is 5.69 Å². The third kappa shape index (κ3) is 3.38. The van der Waals surface area contributed by atoms with E-state index in [4.69, 9.17) is 16.0 Å². The van der Waals surface area contributed by atoms with E-state index in [1.54, 1.807) is 12.4 Å². The second-order valence-electron chi connectivity index (χ2n) is 6.96. The Hall–Kier alpha value is -3.09. The molecule has 0 saturated carbocycles. The monoisotopic (exact) mass is 433 g/mol. The van der Waals surface area contributed by atoms with E-state index in [9.17, 15) is 4.79 Å². The van der Waals surface area contributed by atoms with E-state index < -0.39 is 0 Å². The highest BCUT2D eigenvalue weighted by atomic mass is 35.5. The molecule has 2 heterocycles. The van der Waals surface area contributed by atoms with Crippen molar-refractivity contribution in [3.05, 3.63) is 93.6 Å². The number of hydrogen-bond donors (Lipinski definition) is 0. The van der Waals surface area contributed by atoms with Gasteiger partial charge in [-0.25, -0.2) is 4.79 Å². The van der Waals surface area contributed by atoms with Crippen LogP contribution in [0.3, 0.4) is 0 Å². The smallest absolute Gasteiger partial charge is 0.336 e. The van der Waals surface area contributed by atoms with Crippen LogP contribution in [0.25, 0.3) is 27.4 Å². The number of fused-ring (bicyclic) bond motifs is 3. The number of rotatable bonds is 4. The van der Waals surface area contributed by atoms with Gasteiger partial charge in [0.2, 0.25) is 0 Å². The topological polar surface area (TPSA) is 60.9 Å². The van der Waals surface area contributed by atoms with Crippen LogP contribution >= 0.6 is 23.4 Å². The van der Waals surface area contributed by atoms with Crippen molar-refractivity contribution in [2.24, 2.45) is 0 Å². The lowest BCUT2D eigenvalue weighted by Gasteiger charge is -2.10. The first-order chi connectivity index (χ1) is 14.6. The number of aryl methyl sites for hydroxylation is 1. The molecule has 7 heteroatoms. The third-order valence-corrected chi connectivity index (χ3v) is 6.42. The van der Waals surface area contributed by atoms with Crippen LogP contribution in [-0.2, 0) is 5.75 Å². The van der Waals surface area contributed by atoms with Gasteiger partial charge >= 0.3 is 5.63 Å². The lowest BCUT2D eigenvalue weighted by molar-refractivity contribution is 0.560. The van der Waals surface area contributed by atoms with Crippen molar-refractivity contribution in [1.82, 2.24) is 14.8 Å². The van der Waals surface area contributed by atoms with Crippen molar-refractivity contribution in [1.29, 1.82) is 0 Å². The van der Waals surface area contributed by atoms with E-state index in [2.05, 4.69) is 16.3 Å². The standard InChI is InChI=1S/C23H16ClN3O2S/c1-14-6-8-17(11-19(14)24)27-13-25-26-23(27)30-12-16-10-21(28)29-20-9-7-15-4-2-3-5-18(15)22(16)20/h2-11,13H,12H2,1H3. The van der Waals surface area contributed by atoms with Gasteiger partial charge in [0, 0.05) is 22.2 Å². The summed E-state index contributed by atoms with van der Waals surface area (Å²) in [5.74, 6) is 0.550. The Morgan fingerprint density at radius 1 is 1.10 bits per heavy atom. The van der Waals surface area contributed by atoms with Crippen LogP contribution in [0.2, 0.25) is 5.02 Å². The van der Waals surface area contributed by atoms with E-state index in [0.717, 1.165) is 38.1 Å². The van der Waals surface area contributed by atoms with Gasteiger partial charge in [-0.2, -0.15) is 0 Å². The van der Waals surface area contributed by atoms with Gasteiger partial charge in [-0.1, -0.05) is 59.8 Å². The van der Waals surface area contributed by atoms with Gasteiger partial charge in [-0.05, 0) is 47.0 Å². The van der Waals surface area contributed by atoms with Crippen LogP contribution in [0.4, 0.5) is 0 Å². The van der Waals surface area contributed by atoms with Crippen molar-refractivity contribution in [3.8, 4) is 5.69 Å². The quantitative estimate of drug-likeness (QED) is 0.204. The van der Waals surface area contributed by atoms with Crippen LogP contribution in [0.5, 0.6) is 0 Å². The highest BCUT2D eigenvalue weighted by molar-refractivity contribution is 7.98. The van der Waals surface area contributed by atoms with E-state index in [0.29, 0.717) is 16.4 Å². The molecule has 0 unspecified atom stereocenters. The number of halogens is 1. The zero-order valence-electron chi connectivity index (χ0n) is 16.0. The fourth-order valence-electron chi connectivity index (χ4n) is 3.51. The second-order valence-corrected chi connectivity index (χ2v) is 8.31. The summed E-state index contributed by atoms with van der Waals surface area (Å²) in [5, 5.41) is 12.8. The maximum atomic E-state index is 12.1. The van der Waals surface area contributed by atoms with Gasteiger partial charge in [0.1, 0.15) is 11.9 Å². The van der Waals surface area contributed by atoms with Crippen LogP contribution in [-0.4, -0.2) is 14.8 Å². The zero-order valence-corrected chi connectivity index (χ0v) is 17.6. The highest BCUT2D eigenvalue weighted by Crippen LogP contribution is 2.32. The maximum Gasteiger partial charge on any atom is 0.336 e. The number of benzene rings is 3. The number of nitrogens with zero attached hydrogens (tertiary/aromatic N) is 3. The Bertz CT molecular complexity index is 1460. The van der Waals surface area contributed by atoms with Crippen LogP contribution < -0.4 is 5.63 Å². The molecule has 0 aliphatic heterocycles. The molecule has 3 aromatic carbocycles. The molecule has 0 N–H and O–H groups in total. The van der Waals surface area contributed by atoms with Crippen LogP contribution in [0.15, 0.2) is 81.4 Å². The van der Waals surface area contributed by atoms with E-state index in [1.807, 2.05) is 60.0 Å². The van der Waals surface area contributed by atoms with Gasteiger partial charge in [-0.15, -0.1) is 10.2 Å². The van der Waals surface area contributed by atoms with Crippen molar-refractivity contribution >= 4 is 45.1 Å². The number of aromatic nitrogens is 3. The Labute approximate surface area is 181 Å². The molecule has 148 valence electrons. The normalized spacial score (nSPS) is 11.4. The lowest BCUT2D eigenvalue weighted by atomic mass is 10.0. The summed E-state index contributed by atoms with van der Waals surface area (Å²) < 4.78 is 7.34. The predicted octanol–water partition coefficient (Wildman–Crippen LogP) is 5.78. The van der Waals surface area contributed by atoms with Crippen molar-refractivity contribution in [2.45, 2.75) is 17.8 Å². The molecule has 0 amide bonds. The highest BCUT2D eigenvalue weighted by Gasteiger charge is 2.13. The summed E-state index contributed by atoms with van der Waals surface area (Å²) >= 11 is 7.80. The first kappa shape index (κ1) is 18.9. The number of thioether (sulfide) groups is 1. The van der Waals surface area contributed by atoms with Crippen LogP contribution in [0, 0.1) is 6.92 Å². The minimum absolute atomic E-state index is 0.361. The first-order valence-corrected chi connectivity index (χ1v) is 10.7. The molecule has 30 heavy (non-hydrogen) atoms. The minimum Gasteiger partial charge on any atom is -0.423 e. The molecule has 5 nitrogen and oxygen atoms in total. The summed E-state index contributed by atoms with van der Waals surface area (Å²) in [4.78, 5) is 12.1. The Morgan fingerprint density at radius 2 is 1.97 bits per heavy atom. The molecule has 0 bridgehead atoms. The Morgan fingerprint density at radius 3 is 2.83 bits per heavy atom. The fourth-order valence-corrected chi connectivity index (χ4v) is 4.59. The molecule has 0 radical (unpaired) electrons. The molecule has 0 spiro atoms. The van der Waals surface area contributed by atoms with Crippen molar-refractivity contribution in [3.63, 3.8) is 0 Å². The Balaban J connectivity index is 1.55. The van der Waals surface area contributed by atoms with Gasteiger partial charge in [0.25, 0.3) is 0 Å². The molecule has 0 aliphatic rings. The van der Waals surface area contributed by atoms with Crippen LogP contribution in [0.1, 0.15) is 11.1 Å². The predicted molar refractivity (Wildman–Crippen MR) is 121 cm³/mol. The van der Waals surface area contributed by atoms with E-state index >= 15 is 0 Å². The molecular formula is C23H16ClN3O2S. The second kappa shape index (κ2) is 7.63. The van der Waals surface area contributed by atoms with E-state index in [-0.39, 0.29) is 5.63 Å². The molecule has 5 rings (SSSR count). The molecular weight excluding hydrogens is 418 g/mol.